The highest BCUT2D eigenvalue weighted by Gasteiger charge is 2.33. The van der Waals surface area contributed by atoms with Crippen LogP contribution in [0.1, 0.15) is 30.0 Å². The number of benzene rings is 3. The predicted octanol–water partition coefficient (Wildman–Crippen LogP) is 4.07. The lowest BCUT2D eigenvalue weighted by atomic mass is 10.0. The molecule has 0 bridgehead atoms. The summed E-state index contributed by atoms with van der Waals surface area (Å²) < 4.78 is 40.2. The average Bonchev–Trinajstić information content (AvgIpc) is 2.88. The van der Waals surface area contributed by atoms with Gasteiger partial charge in [0.1, 0.15) is 18.4 Å². The molecule has 0 saturated carbocycles. The topological polar surface area (TPSA) is 86.8 Å². The lowest BCUT2D eigenvalue weighted by molar-refractivity contribution is -0.140. The van der Waals surface area contributed by atoms with E-state index < -0.39 is 34.3 Å². The standard InChI is InChI=1S/C29H34FN3O4S/c1-4-17-31-29(35)27(18-23-9-6-5-7-10-23)32(20-24-15-13-22(2)14-16-24)28(34)21-33(38(3,36)37)26-12-8-11-25(30)19-26/h5-16,19,27H,4,17-18,20-21H2,1-3H3,(H,31,35)/t27-/m1/s1. The van der Waals surface area contributed by atoms with Crippen molar-refractivity contribution in [1.82, 2.24) is 10.2 Å². The van der Waals surface area contributed by atoms with Gasteiger partial charge in [-0.05, 0) is 42.7 Å². The summed E-state index contributed by atoms with van der Waals surface area (Å²) >= 11 is 0. The first-order chi connectivity index (χ1) is 18.1. The molecule has 3 rings (SSSR count). The summed E-state index contributed by atoms with van der Waals surface area (Å²) in [5.74, 6) is -1.53. The largest absolute Gasteiger partial charge is 0.354 e. The number of hydrogen-bond acceptors (Lipinski definition) is 4. The van der Waals surface area contributed by atoms with Crippen molar-refractivity contribution in [2.75, 3.05) is 23.7 Å². The van der Waals surface area contributed by atoms with Crippen LogP contribution in [-0.4, -0.2) is 50.5 Å². The maximum atomic E-state index is 14.0. The fraction of sp³-hybridized carbons (Fsp3) is 0.310. The maximum absolute atomic E-state index is 14.0. The summed E-state index contributed by atoms with van der Waals surface area (Å²) in [6.45, 7) is 3.84. The number of hydrogen-bond donors (Lipinski definition) is 1. The second-order valence-electron chi connectivity index (χ2n) is 9.25. The number of amides is 2. The van der Waals surface area contributed by atoms with Crippen LogP contribution in [-0.2, 0) is 32.6 Å². The Morgan fingerprint density at radius 3 is 2.24 bits per heavy atom. The fourth-order valence-electron chi connectivity index (χ4n) is 4.06. The van der Waals surface area contributed by atoms with Gasteiger partial charge in [0.15, 0.2) is 0 Å². The maximum Gasteiger partial charge on any atom is 0.244 e. The second kappa shape index (κ2) is 13.2. The van der Waals surface area contributed by atoms with Crippen LogP contribution in [0.4, 0.5) is 10.1 Å². The van der Waals surface area contributed by atoms with Crippen LogP contribution in [0.2, 0.25) is 0 Å². The molecule has 0 fully saturated rings. The van der Waals surface area contributed by atoms with E-state index in [2.05, 4.69) is 5.32 Å². The normalized spacial score (nSPS) is 12.0. The van der Waals surface area contributed by atoms with Gasteiger partial charge in [-0.2, -0.15) is 0 Å². The molecule has 0 heterocycles. The van der Waals surface area contributed by atoms with E-state index in [4.69, 9.17) is 0 Å². The molecule has 0 aliphatic heterocycles. The molecule has 0 aromatic heterocycles. The Labute approximate surface area is 224 Å². The molecule has 0 radical (unpaired) electrons. The van der Waals surface area contributed by atoms with Crippen molar-refractivity contribution in [2.24, 2.45) is 0 Å². The molecule has 0 spiro atoms. The lowest BCUT2D eigenvalue weighted by Crippen LogP contribution is -2.53. The van der Waals surface area contributed by atoms with Crippen LogP contribution in [0.3, 0.4) is 0 Å². The van der Waals surface area contributed by atoms with Crippen molar-refractivity contribution in [1.29, 1.82) is 0 Å². The smallest absolute Gasteiger partial charge is 0.244 e. The van der Waals surface area contributed by atoms with Crippen LogP contribution in [0.15, 0.2) is 78.9 Å². The molecule has 0 unspecified atom stereocenters. The Bertz CT molecular complexity index is 1330. The molecule has 3 aromatic carbocycles. The molecule has 0 saturated heterocycles. The van der Waals surface area contributed by atoms with E-state index >= 15 is 0 Å². The van der Waals surface area contributed by atoms with Crippen molar-refractivity contribution in [3.05, 3.63) is 101 Å². The monoisotopic (exact) mass is 539 g/mol. The molecule has 2 amide bonds. The minimum absolute atomic E-state index is 0.0335. The van der Waals surface area contributed by atoms with E-state index in [0.29, 0.717) is 6.54 Å². The van der Waals surface area contributed by atoms with E-state index in [1.165, 1.54) is 23.1 Å². The summed E-state index contributed by atoms with van der Waals surface area (Å²) in [5.41, 5.74) is 2.73. The number of aryl methyl sites for hydroxylation is 1. The zero-order valence-corrected chi connectivity index (χ0v) is 22.7. The fourth-order valence-corrected chi connectivity index (χ4v) is 4.90. The summed E-state index contributed by atoms with van der Waals surface area (Å²) in [6, 6.07) is 21.1. The van der Waals surface area contributed by atoms with Crippen LogP contribution in [0.5, 0.6) is 0 Å². The third-order valence-corrected chi connectivity index (χ3v) is 7.21. The Kier molecular flexibility index (Phi) is 10.0. The van der Waals surface area contributed by atoms with Crippen LogP contribution < -0.4 is 9.62 Å². The first-order valence-corrected chi connectivity index (χ1v) is 14.3. The van der Waals surface area contributed by atoms with E-state index in [0.717, 1.165) is 39.7 Å². The molecular formula is C29H34FN3O4S. The van der Waals surface area contributed by atoms with Gasteiger partial charge in [0.2, 0.25) is 21.8 Å². The number of rotatable bonds is 12. The summed E-state index contributed by atoms with van der Waals surface area (Å²) in [4.78, 5) is 28.7. The van der Waals surface area contributed by atoms with Crippen molar-refractivity contribution in [3.8, 4) is 0 Å². The number of carbonyl (C=O) groups excluding carboxylic acids is 2. The van der Waals surface area contributed by atoms with E-state index in [1.54, 1.807) is 0 Å². The second-order valence-corrected chi connectivity index (χ2v) is 11.2. The van der Waals surface area contributed by atoms with Gasteiger partial charge in [-0.15, -0.1) is 0 Å². The quantitative estimate of drug-likeness (QED) is 0.376. The van der Waals surface area contributed by atoms with Gasteiger partial charge in [-0.1, -0.05) is 73.2 Å². The van der Waals surface area contributed by atoms with E-state index in [-0.39, 0.29) is 24.6 Å². The Morgan fingerprint density at radius 2 is 1.63 bits per heavy atom. The molecule has 1 atom stereocenters. The molecule has 0 aliphatic rings. The van der Waals surface area contributed by atoms with Crippen LogP contribution >= 0.6 is 0 Å². The third kappa shape index (κ3) is 8.14. The van der Waals surface area contributed by atoms with Gasteiger partial charge in [0, 0.05) is 19.5 Å². The highest BCUT2D eigenvalue weighted by molar-refractivity contribution is 7.92. The number of sulfonamides is 1. The van der Waals surface area contributed by atoms with Crippen molar-refractivity contribution >= 4 is 27.5 Å². The first kappa shape index (κ1) is 28.8. The van der Waals surface area contributed by atoms with Crippen molar-refractivity contribution < 1.29 is 22.4 Å². The van der Waals surface area contributed by atoms with Crippen molar-refractivity contribution in [3.63, 3.8) is 0 Å². The summed E-state index contributed by atoms with van der Waals surface area (Å²) in [7, 11) is -3.94. The van der Waals surface area contributed by atoms with Crippen LogP contribution in [0.25, 0.3) is 0 Å². The molecule has 9 heteroatoms. The van der Waals surface area contributed by atoms with Crippen LogP contribution in [0, 0.1) is 12.7 Å². The zero-order valence-electron chi connectivity index (χ0n) is 21.9. The number of anilines is 1. The van der Waals surface area contributed by atoms with Gasteiger partial charge in [0.05, 0.1) is 11.9 Å². The molecule has 202 valence electrons. The van der Waals surface area contributed by atoms with Gasteiger partial charge in [0.25, 0.3) is 0 Å². The van der Waals surface area contributed by atoms with Gasteiger partial charge in [-0.3, -0.25) is 13.9 Å². The molecule has 38 heavy (non-hydrogen) atoms. The zero-order chi connectivity index (χ0) is 27.7. The number of carbonyl (C=O) groups is 2. The van der Waals surface area contributed by atoms with E-state index in [9.17, 15) is 22.4 Å². The van der Waals surface area contributed by atoms with Gasteiger partial charge in [-0.25, -0.2) is 12.8 Å². The predicted molar refractivity (Wildman–Crippen MR) is 148 cm³/mol. The molecule has 3 aromatic rings. The Hall–Kier alpha value is -3.72. The molecule has 1 N–H and O–H groups in total. The minimum Gasteiger partial charge on any atom is -0.354 e. The molecule has 7 nitrogen and oxygen atoms in total. The minimum atomic E-state index is -3.94. The summed E-state index contributed by atoms with van der Waals surface area (Å²) in [5, 5.41) is 2.89. The average molecular weight is 540 g/mol. The van der Waals surface area contributed by atoms with Gasteiger partial charge < -0.3 is 10.2 Å². The SMILES string of the molecule is CCCNC(=O)[C@@H](Cc1ccccc1)N(Cc1ccc(C)cc1)C(=O)CN(c1cccc(F)c1)S(C)(=O)=O. The highest BCUT2D eigenvalue weighted by Crippen LogP contribution is 2.21. The van der Waals surface area contributed by atoms with Crippen molar-refractivity contribution in [2.45, 2.75) is 39.3 Å². The number of nitrogens with zero attached hydrogens (tertiary/aromatic N) is 2. The first-order valence-electron chi connectivity index (χ1n) is 12.5. The third-order valence-electron chi connectivity index (χ3n) is 6.07. The van der Waals surface area contributed by atoms with E-state index in [1.807, 2.05) is 68.4 Å². The summed E-state index contributed by atoms with van der Waals surface area (Å²) in [6.07, 6.45) is 1.93. The highest BCUT2D eigenvalue weighted by atomic mass is 32.2. The Morgan fingerprint density at radius 1 is 0.947 bits per heavy atom. The molecule has 0 aliphatic carbocycles. The van der Waals surface area contributed by atoms with Gasteiger partial charge >= 0.3 is 0 Å². The number of halogens is 1. The molecular weight excluding hydrogens is 505 g/mol. The lowest BCUT2D eigenvalue weighted by Gasteiger charge is -2.33. The number of nitrogens with one attached hydrogen (secondary N) is 1. The Balaban J connectivity index is 2.03.